The molecular weight excluding hydrogens is 711 g/mol. The lowest BCUT2D eigenvalue weighted by molar-refractivity contribution is 0.477. The topological polar surface area (TPSA) is 38.8 Å². The molecule has 0 atom stereocenters. The van der Waals surface area contributed by atoms with E-state index in [2.05, 4.69) is 181 Å². The summed E-state index contributed by atoms with van der Waals surface area (Å²) in [5.41, 5.74) is 15.0. The van der Waals surface area contributed by atoms with Crippen molar-refractivity contribution in [3.8, 4) is 56.0 Å². The van der Waals surface area contributed by atoms with Gasteiger partial charge >= 0.3 is 0 Å². The summed E-state index contributed by atoms with van der Waals surface area (Å²) in [6, 6.07) is 70.2. The summed E-state index contributed by atoms with van der Waals surface area (Å²) in [5.74, 6) is 1.51. The number of para-hydroxylation sites is 4. The first kappa shape index (κ1) is 32.4. The molecule has 0 radical (unpaired) electrons. The summed E-state index contributed by atoms with van der Waals surface area (Å²) in [6.07, 6.45) is 0. The Hall–Kier alpha value is -7.82. The lowest BCUT2D eigenvalue weighted by Gasteiger charge is -2.34. The van der Waals surface area contributed by atoms with E-state index in [1.165, 1.54) is 0 Å². The van der Waals surface area contributed by atoms with Gasteiger partial charge in [-0.1, -0.05) is 146 Å². The number of nitrogens with zero attached hydrogens (tertiary/aromatic N) is 1. The van der Waals surface area contributed by atoms with Crippen LogP contribution >= 0.6 is 0 Å². The van der Waals surface area contributed by atoms with Gasteiger partial charge in [-0.3, -0.25) is 0 Å². The standard InChI is InChI=1S/C54H33NO3/c1-3-13-34(14-4-1)38-29-39(35-15-5-2-6-16-35)31-40(30-38)55-47-27-25-36(41-19-11-21-45-43-17-7-9-23-49(43)57-53(41)45)32-51(47)56-52-33-37(26-28-48(52)55)42-20-12-22-46-44-18-8-10-24-50(44)58-54(42)46/h1-33H. The zero-order valence-corrected chi connectivity index (χ0v) is 31.2. The highest BCUT2D eigenvalue weighted by Gasteiger charge is 2.29. The highest BCUT2D eigenvalue weighted by Crippen LogP contribution is 2.54. The molecule has 2 aromatic heterocycles. The number of benzene rings is 9. The molecule has 11 aromatic rings. The van der Waals surface area contributed by atoms with Gasteiger partial charge in [0.05, 0.1) is 11.4 Å². The molecule has 4 nitrogen and oxygen atoms in total. The summed E-state index contributed by atoms with van der Waals surface area (Å²) in [4.78, 5) is 2.34. The number of anilines is 3. The molecule has 0 N–H and O–H groups in total. The van der Waals surface area contributed by atoms with Crippen LogP contribution in [0.1, 0.15) is 0 Å². The zero-order chi connectivity index (χ0) is 38.2. The molecule has 0 aliphatic carbocycles. The van der Waals surface area contributed by atoms with Gasteiger partial charge in [0.1, 0.15) is 22.3 Å². The van der Waals surface area contributed by atoms with E-state index in [0.29, 0.717) is 0 Å². The molecule has 0 saturated heterocycles. The molecule has 0 unspecified atom stereocenters. The lowest BCUT2D eigenvalue weighted by Crippen LogP contribution is -2.16. The van der Waals surface area contributed by atoms with Gasteiger partial charge < -0.3 is 18.5 Å². The van der Waals surface area contributed by atoms with Crippen LogP contribution in [0.2, 0.25) is 0 Å². The maximum atomic E-state index is 7.02. The quantitative estimate of drug-likeness (QED) is 0.176. The molecule has 58 heavy (non-hydrogen) atoms. The normalized spacial score (nSPS) is 12.2. The largest absolute Gasteiger partial charge is 0.455 e. The van der Waals surface area contributed by atoms with Crippen molar-refractivity contribution < 1.29 is 13.6 Å². The Morgan fingerprint density at radius 1 is 0.310 bits per heavy atom. The average Bonchev–Trinajstić information content (AvgIpc) is 3.87. The van der Waals surface area contributed by atoms with Crippen LogP contribution in [0.25, 0.3) is 88.4 Å². The van der Waals surface area contributed by atoms with Gasteiger partial charge in [-0.2, -0.15) is 0 Å². The van der Waals surface area contributed by atoms with Crippen molar-refractivity contribution in [2.75, 3.05) is 4.90 Å². The molecule has 4 heteroatoms. The fourth-order valence-electron chi connectivity index (χ4n) is 8.71. The zero-order valence-electron chi connectivity index (χ0n) is 31.2. The third-order valence-corrected chi connectivity index (χ3v) is 11.4. The van der Waals surface area contributed by atoms with Gasteiger partial charge in [0.25, 0.3) is 0 Å². The summed E-state index contributed by atoms with van der Waals surface area (Å²) in [6.45, 7) is 0. The van der Waals surface area contributed by atoms with Crippen LogP contribution in [0.5, 0.6) is 11.5 Å². The number of fused-ring (bicyclic) bond motifs is 8. The SMILES string of the molecule is c1ccc(-c2cc(-c3ccccc3)cc(N3c4ccc(-c5cccc6c5oc5ccccc56)cc4Oc4cc(-c5cccc6c5oc5ccccc56)ccc43)c2)cc1. The molecule has 0 saturated carbocycles. The molecule has 0 spiro atoms. The first-order chi connectivity index (χ1) is 28.7. The number of furan rings is 2. The Labute approximate surface area is 334 Å². The molecule has 3 heterocycles. The van der Waals surface area contributed by atoms with Crippen LogP contribution in [-0.2, 0) is 0 Å². The maximum absolute atomic E-state index is 7.02. The fraction of sp³-hybridized carbons (Fsp3) is 0. The predicted molar refractivity (Wildman–Crippen MR) is 237 cm³/mol. The summed E-state index contributed by atoms with van der Waals surface area (Å²) in [7, 11) is 0. The second kappa shape index (κ2) is 12.9. The van der Waals surface area contributed by atoms with E-state index >= 15 is 0 Å². The number of rotatable bonds is 5. The van der Waals surface area contributed by atoms with Crippen LogP contribution in [0.3, 0.4) is 0 Å². The van der Waals surface area contributed by atoms with Crippen molar-refractivity contribution in [1.29, 1.82) is 0 Å². The Bertz CT molecular complexity index is 3160. The average molecular weight is 744 g/mol. The van der Waals surface area contributed by atoms with Crippen LogP contribution in [0.4, 0.5) is 17.1 Å². The van der Waals surface area contributed by atoms with Gasteiger partial charge in [0, 0.05) is 38.4 Å². The Kier molecular flexibility index (Phi) is 7.20. The third kappa shape index (κ3) is 5.16. The van der Waals surface area contributed by atoms with E-state index in [9.17, 15) is 0 Å². The van der Waals surface area contributed by atoms with Crippen LogP contribution in [0.15, 0.2) is 209 Å². The summed E-state index contributed by atoms with van der Waals surface area (Å²) >= 11 is 0. The van der Waals surface area contributed by atoms with Crippen molar-refractivity contribution in [2.45, 2.75) is 0 Å². The predicted octanol–water partition coefficient (Wildman–Crippen LogP) is 15.7. The molecule has 1 aliphatic heterocycles. The highest BCUT2D eigenvalue weighted by atomic mass is 16.5. The summed E-state index contributed by atoms with van der Waals surface area (Å²) in [5, 5.41) is 4.39. The van der Waals surface area contributed by atoms with Crippen LogP contribution in [0, 0.1) is 0 Å². The molecule has 0 bridgehead atoms. The number of hydrogen-bond donors (Lipinski definition) is 0. The molecule has 272 valence electrons. The van der Waals surface area contributed by atoms with Crippen molar-refractivity contribution in [2.24, 2.45) is 0 Å². The third-order valence-electron chi connectivity index (χ3n) is 11.4. The highest BCUT2D eigenvalue weighted by molar-refractivity contribution is 6.11. The molecule has 0 amide bonds. The van der Waals surface area contributed by atoms with Crippen molar-refractivity contribution >= 4 is 60.9 Å². The van der Waals surface area contributed by atoms with Crippen molar-refractivity contribution in [3.05, 3.63) is 200 Å². The van der Waals surface area contributed by atoms with Gasteiger partial charge in [-0.05, 0) is 88.0 Å². The lowest BCUT2D eigenvalue weighted by atomic mass is 9.96. The molecule has 9 aromatic carbocycles. The fourth-order valence-corrected chi connectivity index (χ4v) is 8.71. The van der Waals surface area contributed by atoms with E-state index in [-0.39, 0.29) is 0 Å². The van der Waals surface area contributed by atoms with E-state index < -0.39 is 0 Å². The van der Waals surface area contributed by atoms with Crippen LogP contribution < -0.4 is 9.64 Å². The van der Waals surface area contributed by atoms with Gasteiger partial charge in [0.15, 0.2) is 11.5 Å². The minimum absolute atomic E-state index is 0.753. The Balaban J connectivity index is 1.07. The number of hydrogen-bond acceptors (Lipinski definition) is 4. The van der Waals surface area contributed by atoms with Gasteiger partial charge in [0.2, 0.25) is 0 Å². The van der Waals surface area contributed by atoms with Crippen molar-refractivity contribution in [1.82, 2.24) is 0 Å². The molecule has 0 fully saturated rings. The second-order valence-corrected chi connectivity index (χ2v) is 14.9. The first-order valence-corrected chi connectivity index (χ1v) is 19.6. The maximum Gasteiger partial charge on any atom is 0.152 e. The van der Waals surface area contributed by atoms with Gasteiger partial charge in [-0.25, -0.2) is 0 Å². The minimum Gasteiger partial charge on any atom is -0.455 e. The van der Waals surface area contributed by atoms with E-state index in [4.69, 9.17) is 13.6 Å². The van der Waals surface area contributed by atoms with Gasteiger partial charge in [-0.15, -0.1) is 0 Å². The second-order valence-electron chi connectivity index (χ2n) is 14.9. The smallest absolute Gasteiger partial charge is 0.152 e. The van der Waals surface area contributed by atoms with E-state index in [0.717, 1.165) is 117 Å². The van der Waals surface area contributed by atoms with Crippen LogP contribution in [-0.4, -0.2) is 0 Å². The minimum atomic E-state index is 0.753. The van der Waals surface area contributed by atoms with Crippen molar-refractivity contribution in [3.63, 3.8) is 0 Å². The summed E-state index contributed by atoms with van der Waals surface area (Å²) < 4.78 is 20.0. The first-order valence-electron chi connectivity index (χ1n) is 19.6. The number of ether oxygens (including phenoxy) is 1. The molecule has 1 aliphatic rings. The molecular formula is C54H33NO3. The van der Waals surface area contributed by atoms with E-state index in [1.807, 2.05) is 24.3 Å². The molecule has 12 rings (SSSR count). The van der Waals surface area contributed by atoms with E-state index in [1.54, 1.807) is 0 Å². The Morgan fingerprint density at radius 2 is 0.759 bits per heavy atom. The monoisotopic (exact) mass is 743 g/mol. The Morgan fingerprint density at radius 3 is 1.26 bits per heavy atom.